The molecule has 2 rings (SSSR count). The predicted molar refractivity (Wildman–Crippen MR) is 69.6 cm³/mol. The molecule has 0 aliphatic carbocycles. The number of benzene rings is 1. The highest BCUT2D eigenvalue weighted by atomic mass is 16.5. The van der Waals surface area contributed by atoms with Gasteiger partial charge in [0.25, 0.3) is 0 Å². The number of hydrogen-bond acceptors (Lipinski definition) is 4. The van der Waals surface area contributed by atoms with Gasteiger partial charge in [0.1, 0.15) is 11.8 Å². The fraction of sp³-hybridized carbons (Fsp3) is 0.500. The van der Waals surface area contributed by atoms with Crippen LogP contribution in [0.4, 0.5) is 5.69 Å². The largest absolute Gasteiger partial charge is 0.495 e. The van der Waals surface area contributed by atoms with Gasteiger partial charge in [0.15, 0.2) is 0 Å². The van der Waals surface area contributed by atoms with Crippen molar-refractivity contribution < 1.29 is 9.47 Å². The molecule has 4 heteroatoms. The molecule has 1 saturated heterocycles. The standard InChI is InChI=1S/C14H18N2O2/c1-10-7-8-14(18-10)12(9-15)16-11-5-3-4-6-13(11)17-2/h3-6,10,12,14,16H,7-8H2,1-2H3. The number of nitrogens with zero attached hydrogens (tertiary/aromatic N) is 1. The summed E-state index contributed by atoms with van der Waals surface area (Å²) in [6.45, 7) is 2.04. The van der Waals surface area contributed by atoms with Crippen LogP contribution in [-0.2, 0) is 4.74 Å². The predicted octanol–water partition coefficient (Wildman–Crippen LogP) is 2.57. The van der Waals surface area contributed by atoms with E-state index in [2.05, 4.69) is 11.4 Å². The molecule has 1 aromatic rings. The van der Waals surface area contributed by atoms with Gasteiger partial charge in [-0.15, -0.1) is 0 Å². The summed E-state index contributed by atoms with van der Waals surface area (Å²) in [5.41, 5.74) is 0.828. The lowest BCUT2D eigenvalue weighted by atomic mass is 10.1. The van der Waals surface area contributed by atoms with Gasteiger partial charge >= 0.3 is 0 Å². The third-order valence-electron chi connectivity index (χ3n) is 3.19. The summed E-state index contributed by atoms with van der Waals surface area (Å²) in [6, 6.07) is 9.52. The summed E-state index contributed by atoms with van der Waals surface area (Å²) in [4.78, 5) is 0. The van der Waals surface area contributed by atoms with Gasteiger partial charge in [-0.3, -0.25) is 0 Å². The van der Waals surface area contributed by atoms with Crippen molar-refractivity contribution in [2.24, 2.45) is 0 Å². The Hall–Kier alpha value is -1.73. The van der Waals surface area contributed by atoms with E-state index in [4.69, 9.17) is 9.47 Å². The summed E-state index contributed by atoms with van der Waals surface area (Å²) in [6.07, 6.45) is 2.12. The summed E-state index contributed by atoms with van der Waals surface area (Å²) >= 11 is 0. The molecule has 3 atom stereocenters. The van der Waals surface area contributed by atoms with Gasteiger partial charge in [0, 0.05) is 0 Å². The SMILES string of the molecule is COc1ccccc1NC(C#N)C1CCC(C)O1. The third-order valence-corrected chi connectivity index (χ3v) is 3.19. The Labute approximate surface area is 108 Å². The lowest BCUT2D eigenvalue weighted by Gasteiger charge is -2.20. The van der Waals surface area contributed by atoms with Crippen LogP contribution in [0.15, 0.2) is 24.3 Å². The quantitative estimate of drug-likeness (QED) is 0.887. The molecule has 0 aromatic heterocycles. The van der Waals surface area contributed by atoms with Gasteiger partial charge in [0.2, 0.25) is 0 Å². The van der Waals surface area contributed by atoms with Crippen LogP contribution in [0.3, 0.4) is 0 Å². The maximum Gasteiger partial charge on any atom is 0.141 e. The molecular formula is C14H18N2O2. The van der Waals surface area contributed by atoms with Crippen molar-refractivity contribution in [3.05, 3.63) is 24.3 Å². The normalized spacial score (nSPS) is 24.3. The monoisotopic (exact) mass is 246 g/mol. The second kappa shape index (κ2) is 5.74. The molecule has 18 heavy (non-hydrogen) atoms. The van der Waals surface area contributed by atoms with Crippen LogP contribution in [0.2, 0.25) is 0 Å². The zero-order chi connectivity index (χ0) is 13.0. The molecule has 0 spiro atoms. The number of anilines is 1. The molecule has 0 bridgehead atoms. The first kappa shape index (κ1) is 12.7. The first-order valence-electron chi connectivity index (χ1n) is 6.19. The lowest BCUT2D eigenvalue weighted by molar-refractivity contribution is 0.0534. The van der Waals surface area contributed by atoms with Crippen molar-refractivity contribution in [3.8, 4) is 11.8 Å². The smallest absolute Gasteiger partial charge is 0.141 e. The van der Waals surface area contributed by atoms with Crippen LogP contribution < -0.4 is 10.1 Å². The first-order valence-corrected chi connectivity index (χ1v) is 6.19. The van der Waals surface area contributed by atoms with Crippen molar-refractivity contribution in [3.63, 3.8) is 0 Å². The van der Waals surface area contributed by atoms with Gasteiger partial charge < -0.3 is 14.8 Å². The van der Waals surface area contributed by atoms with E-state index < -0.39 is 0 Å². The Morgan fingerprint density at radius 2 is 2.22 bits per heavy atom. The molecule has 1 aliphatic heterocycles. The molecule has 0 radical (unpaired) electrons. The van der Waals surface area contributed by atoms with Crippen LogP contribution in [-0.4, -0.2) is 25.4 Å². The minimum absolute atomic E-state index is 0.0464. The number of methoxy groups -OCH3 is 1. The van der Waals surface area contributed by atoms with E-state index in [1.165, 1.54) is 0 Å². The maximum atomic E-state index is 9.26. The second-order valence-electron chi connectivity index (χ2n) is 4.51. The Morgan fingerprint density at radius 3 is 2.83 bits per heavy atom. The highest BCUT2D eigenvalue weighted by molar-refractivity contribution is 5.57. The van der Waals surface area contributed by atoms with E-state index in [9.17, 15) is 5.26 Å². The van der Waals surface area contributed by atoms with Crippen LogP contribution in [0.25, 0.3) is 0 Å². The van der Waals surface area contributed by atoms with Crippen molar-refractivity contribution in [1.29, 1.82) is 5.26 Å². The average molecular weight is 246 g/mol. The van der Waals surface area contributed by atoms with Crippen LogP contribution >= 0.6 is 0 Å². The molecule has 1 heterocycles. The molecular weight excluding hydrogens is 228 g/mol. The van der Waals surface area contributed by atoms with Gasteiger partial charge in [-0.05, 0) is 31.9 Å². The number of para-hydroxylation sites is 2. The Bertz CT molecular complexity index is 442. The lowest BCUT2D eigenvalue weighted by Crippen LogP contribution is -2.32. The molecule has 1 aromatic carbocycles. The molecule has 3 unspecified atom stereocenters. The molecule has 0 saturated carbocycles. The summed E-state index contributed by atoms with van der Waals surface area (Å²) in [5.74, 6) is 0.740. The minimum Gasteiger partial charge on any atom is -0.495 e. The fourth-order valence-corrected chi connectivity index (χ4v) is 2.22. The van der Waals surface area contributed by atoms with Gasteiger partial charge in [-0.25, -0.2) is 0 Å². The third kappa shape index (κ3) is 2.74. The molecule has 96 valence electrons. The topological polar surface area (TPSA) is 54.3 Å². The minimum atomic E-state index is -0.341. The fourth-order valence-electron chi connectivity index (χ4n) is 2.22. The Morgan fingerprint density at radius 1 is 1.44 bits per heavy atom. The molecule has 0 amide bonds. The van der Waals surface area contributed by atoms with Crippen LogP contribution in [0.1, 0.15) is 19.8 Å². The van der Waals surface area contributed by atoms with Crippen LogP contribution in [0.5, 0.6) is 5.75 Å². The summed E-state index contributed by atoms with van der Waals surface area (Å²) < 4.78 is 11.0. The van der Waals surface area contributed by atoms with Crippen molar-refractivity contribution >= 4 is 5.69 Å². The van der Waals surface area contributed by atoms with E-state index in [1.54, 1.807) is 7.11 Å². The highest BCUT2D eigenvalue weighted by Gasteiger charge is 2.30. The number of rotatable bonds is 4. The number of ether oxygens (including phenoxy) is 2. The van der Waals surface area contributed by atoms with Crippen molar-refractivity contribution in [2.45, 2.75) is 38.0 Å². The summed E-state index contributed by atoms with van der Waals surface area (Å²) in [5, 5.41) is 12.5. The van der Waals surface area contributed by atoms with Crippen molar-refractivity contribution in [2.75, 3.05) is 12.4 Å². The molecule has 1 aliphatic rings. The van der Waals surface area contributed by atoms with Crippen molar-refractivity contribution in [1.82, 2.24) is 0 Å². The Balaban J connectivity index is 2.09. The molecule has 4 nitrogen and oxygen atoms in total. The number of hydrogen-bond donors (Lipinski definition) is 1. The maximum absolute atomic E-state index is 9.26. The molecule has 1 fully saturated rings. The molecule has 1 N–H and O–H groups in total. The van der Waals surface area contributed by atoms with Gasteiger partial charge in [-0.2, -0.15) is 5.26 Å². The second-order valence-corrected chi connectivity index (χ2v) is 4.51. The Kier molecular flexibility index (Phi) is 4.06. The zero-order valence-corrected chi connectivity index (χ0v) is 10.7. The van der Waals surface area contributed by atoms with Gasteiger partial charge in [0.05, 0.1) is 31.1 Å². The van der Waals surface area contributed by atoms with E-state index in [1.807, 2.05) is 31.2 Å². The van der Waals surface area contributed by atoms with E-state index in [-0.39, 0.29) is 18.2 Å². The zero-order valence-electron chi connectivity index (χ0n) is 10.7. The van der Waals surface area contributed by atoms with Gasteiger partial charge in [-0.1, -0.05) is 12.1 Å². The number of nitrogens with one attached hydrogen (secondary N) is 1. The van der Waals surface area contributed by atoms with Crippen LogP contribution in [0, 0.1) is 11.3 Å². The summed E-state index contributed by atoms with van der Waals surface area (Å²) in [7, 11) is 1.62. The average Bonchev–Trinajstić information content (AvgIpc) is 2.83. The highest BCUT2D eigenvalue weighted by Crippen LogP contribution is 2.27. The number of nitriles is 1. The first-order chi connectivity index (χ1) is 8.74. The van der Waals surface area contributed by atoms with E-state index in [0.717, 1.165) is 24.3 Å². The van der Waals surface area contributed by atoms with E-state index in [0.29, 0.717) is 0 Å². The van der Waals surface area contributed by atoms with E-state index >= 15 is 0 Å².